The smallest absolute Gasteiger partial charge is 0.338 e. The standard InChI is InChI=1S/C12H11ClN2O5/c13-5-7-3-11(16)14(6-7)10-2-1-8(15(19)20)4-9(10)12(17)18/h1-2,4,7H,3,5-6H2,(H,17,18). The number of hydrogen-bond donors (Lipinski definition) is 1. The number of rotatable bonds is 4. The molecule has 8 heteroatoms. The van der Waals surface area contributed by atoms with Gasteiger partial charge in [-0.15, -0.1) is 11.6 Å². The van der Waals surface area contributed by atoms with Crippen molar-refractivity contribution in [3.63, 3.8) is 0 Å². The van der Waals surface area contributed by atoms with Crippen LogP contribution in [0.15, 0.2) is 18.2 Å². The Morgan fingerprint density at radius 1 is 1.55 bits per heavy atom. The lowest BCUT2D eigenvalue weighted by Crippen LogP contribution is -2.26. The molecule has 20 heavy (non-hydrogen) atoms. The summed E-state index contributed by atoms with van der Waals surface area (Å²) in [6.45, 7) is 0.320. The number of carbonyl (C=O) groups is 2. The lowest BCUT2D eigenvalue weighted by molar-refractivity contribution is -0.384. The van der Waals surface area contributed by atoms with Crippen molar-refractivity contribution in [1.82, 2.24) is 0 Å². The average Bonchev–Trinajstić information content (AvgIpc) is 2.79. The number of amides is 1. The van der Waals surface area contributed by atoms with Gasteiger partial charge in [0, 0.05) is 31.0 Å². The van der Waals surface area contributed by atoms with Gasteiger partial charge in [0.1, 0.15) is 0 Å². The third kappa shape index (κ3) is 2.57. The number of carbonyl (C=O) groups excluding carboxylic acids is 1. The molecular formula is C12H11ClN2O5. The van der Waals surface area contributed by atoms with Crippen LogP contribution in [0, 0.1) is 16.0 Å². The molecular weight excluding hydrogens is 288 g/mol. The van der Waals surface area contributed by atoms with Crippen LogP contribution in [0.4, 0.5) is 11.4 Å². The second kappa shape index (κ2) is 5.46. The third-order valence-corrected chi connectivity index (χ3v) is 3.57. The summed E-state index contributed by atoms with van der Waals surface area (Å²) in [6, 6.07) is 3.43. The summed E-state index contributed by atoms with van der Waals surface area (Å²) in [7, 11) is 0. The number of anilines is 1. The molecule has 1 aromatic rings. The van der Waals surface area contributed by atoms with Crippen molar-refractivity contribution in [2.75, 3.05) is 17.3 Å². The molecule has 1 aliphatic rings. The largest absolute Gasteiger partial charge is 0.478 e. The summed E-state index contributed by atoms with van der Waals surface area (Å²) in [5.41, 5.74) is -0.421. The van der Waals surface area contributed by atoms with Crippen molar-refractivity contribution in [1.29, 1.82) is 0 Å². The number of carboxylic acid groups (broad SMARTS) is 1. The molecule has 0 spiro atoms. The van der Waals surface area contributed by atoms with Gasteiger partial charge < -0.3 is 10.0 Å². The van der Waals surface area contributed by atoms with E-state index in [1.165, 1.54) is 17.0 Å². The fourth-order valence-electron chi connectivity index (χ4n) is 2.16. The van der Waals surface area contributed by atoms with Crippen LogP contribution in [-0.4, -0.2) is 34.3 Å². The molecule has 106 valence electrons. The molecule has 1 fully saturated rings. The van der Waals surface area contributed by atoms with Gasteiger partial charge in [0.25, 0.3) is 5.69 Å². The predicted octanol–water partition coefficient (Wildman–Crippen LogP) is 1.88. The van der Waals surface area contributed by atoms with E-state index in [4.69, 9.17) is 16.7 Å². The van der Waals surface area contributed by atoms with Crippen LogP contribution in [0.5, 0.6) is 0 Å². The number of halogens is 1. The van der Waals surface area contributed by atoms with Crippen molar-refractivity contribution in [2.45, 2.75) is 6.42 Å². The van der Waals surface area contributed by atoms with Crippen molar-refractivity contribution in [2.24, 2.45) is 5.92 Å². The van der Waals surface area contributed by atoms with Crippen LogP contribution in [0.3, 0.4) is 0 Å². The van der Waals surface area contributed by atoms with Gasteiger partial charge in [-0.2, -0.15) is 0 Å². The van der Waals surface area contributed by atoms with E-state index in [0.717, 1.165) is 6.07 Å². The van der Waals surface area contributed by atoms with E-state index < -0.39 is 10.9 Å². The monoisotopic (exact) mass is 298 g/mol. The van der Waals surface area contributed by atoms with E-state index in [-0.39, 0.29) is 35.2 Å². The lowest BCUT2D eigenvalue weighted by atomic mass is 10.1. The summed E-state index contributed by atoms with van der Waals surface area (Å²) in [5.74, 6) is -1.28. The average molecular weight is 299 g/mol. The number of aromatic carboxylic acids is 1. The van der Waals surface area contributed by atoms with E-state index in [9.17, 15) is 19.7 Å². The van der Waals surface area contributed by atoms with Crippen LogP contribution in [0.1, 0.15) is 16.8 Å². The molecule has 1 atom stereocenters. The highest BCUT2D eigenvalue weighted by atomic mass is 35.5. The minimum Gasteiger partial charge on any atom is -0.478 e. The number of hydrogen-bond acceptors (Lipinski definition) is 4. The highest BCUT2D eigenvalue weighted by Gasteiger charge is 2.32. The first-order valence-electron chi connectivity index (χ1n) is 5.82. The maximum Gasteiger partial charge on any atom is 0.338 e. The Bertz CT molecular complexity index is 589. The molecule has 1 amide bonds. The zero-order chi connectivity index (χ0) is 14.9. The predicted molar refractivity (Wildman–Crippen MR) is 71.2 cm³/mol. The number of non-ortho nitro benzene ring substituents is 1. The SMILES string of the molecule is O=C(O)c1cc([N+](=O)[O-])ccc1N1CC(CCl)CC1=O. The maximum atomic E-state index is 11.9. The molecule has 7 nitrogen and oxygen atoms in total. The molecule has 0 bridgehead atoms. The van der Waals surface area contributed by atoms with Gasteiger partial charge >= 0.3 is 5.97 Å². The maximum absolute atomic E-state index is 11.9. The molecule has 1 N–H and O–H groups in total. The molecule has 0 saturated carbocycles. The zero-order valence-corrected chi connectivity index (χ0v) is 11.0. The molecule has 1 aliphatic heterocycles. The van der Waals surface area contributed by atoms with Gasteiger partial charge in [-0.1, -0.05) is 0 Å². The van der Waals surface area contributed by atoms with Gasteiger partial charge in [0.2, 0.25) is 5.91 Å². The van der Waals surface area contributed by atoms with E-state index in [1.54, 1.807) is 0 Å². The van der Waals surface area contributed by atoms with E-state index >= 15 is 0 Å². The minimum atomic E-state index is -1.31. The summed E-state index contributed by atoms with van der Waals surface area (Å²) in [4.78, 5) is 34.4. The number of benzene rings is 1. The Morgan fingerprint density at radius 2 is 2.25 bits per heavy atom. The molecule has 1 aromatic carbocycles. The molecule has 0 aromatic heterocycles. The first-order valence-corrected chi connectivity index (χ1v) is 6.35. The zero-order valence-electron chi connectivity index (χ0n) is 10.3. The summed E-state index contributed by atoms with van der Waals surface area (Å²) < 4.78 is 0. The third-order valence-electron chi connectivity index (χ3n) is 3.14. The highest BCUT2D eigenvalue weighted by Crippen LogP contribution is 2.31. The van der Waals surface area contributed by atoms with Gasteiger partial charge in [0.15, 0.2) is 0 Å². The summed E-state index contributed by atoms with van der Waals surface area (Å²) in [6.07, 6.45) is 0.250. The minimum absolute atomic E-state index is 0.0407. The molecule has 1 heterocycles. The number of nitrogens with zero attached hydrogens (tertiary/aromatic N) is 2. The first-order chi connectivity index (χ1) is 9.43. The normalized spacial score (nSPS) is 18.4. The number of nitro benzene ring substituents is 1. The number of carboxylic acids is 1. The fourth-order valence-corrected chi connectivity index (χ4v) is 2.37. The Kier molecular flexibility index (Phi) is 3.89. The highest BCUT2D eigenvalue weighted by molar-refractivity contribution is 6.18. The van der Waals surface area contributed by atoms with Crippen molar-refractivity contribution in [3.05, 3.63) is 33.9 Å². The second-order valence-corrected chi connectivity index (χ2v) is 4.80. The van der Waals surface area contributed by atoms with Crippen LogP contribution >= 0.6 is 11.6 Å². The van der Waals surface area contributed by atoms with E-state index in [0.29, 0.717) is 12.4 Å². The fraction of sp³-hybridized carbons (Fsp3) is 0.333. The van der Waals surface area contributed by atoms with Crippen LogP contribution in [0.25, 0.3) is 0 Å². The molecule has 0 aliphatic carbocycles. The van der Waals surface area contributed by atoms with E-state index in [2.05, 4.69) is 0 Å². The van der Waals surface area contributed by atoms with Gasteiger partial charge in [-0.3, -0.25) is 14.9 Å². The Hall–Kier alpha value is -2.15. The van der Waals surface area contributed by atoms with Crippen LogP contribution in [-0.2, 0) is 4.79 Å². The second-order valence-electron chi connectivity index (χ2n) is 4.49. The Morgan fingerprint density at radius 3 is 2.75 bits per heavy atom. The summed E-state index contributed by atoms with van der Waals surface area (Å²) >= 11 is 5.71. The molecule has 2 rings (SSSR count). The topological polar surface area (TPSA) is 101 Å². The van der Waals surface area contributed by atoms with Crippen LogP contribution < -0.4 is 4.90 Å². The number of nitro groups is 1. The van der Waals surface area contributed by atoms with Gasteiger partial charge in [0.05, 0.1) is 16.2 Å². The molecule has 1 unspecified atom stereocenters. The lowest BCUT2D eigenvalue weighted by Gasteiger charge is -2.18. The quantitative estimate of drug-likeness (QED) is 0.519. The molecule has 0 radical (unpaired) electrons. The van der Waals surface area contributed by atoms with Gasteiger partial charge in [-0.05, 0) is 12.0 Å². The Labute approximate surface area is 118 Å². The molecule has 1 saturated heterocycles. The van der Waals surface area contributed by atoms with Crippen molar-refractivity contribution < 1.29 is 19.6 Å². The first kappa shape index (κ1) is 14.3. The van der Waals surface area contributed by atoms with Crippen LogP contribution in [0.2, 0.25) is 0 Å². The van der Waals surface area contributed by atoms with E-state index in [1.807, 2.05) is 0 Å². The number of alkyl halides is 1. The Balaban J connectivity index is 2.44. The van der Waals surface area contributed by atoms with Gasteiger partial charge in [-0.25, -0.2) is 4.79 Å². The van der Waals surface area contributed by atoms with Crippen molar-refractivity contribution in [3.8, 4) is 0 Å². The van der Waals surface area contributed by atoms with Crippen molar-refractivity contribution >= 4 is 34.9 Å². The summed E-state index contributed by atoms with van der Waals surface area (Å²) in [5, 5.41) is 19.8.